The number of carboxylic acids is 1. The van der Waals surface area contributed by atoms with E-state index < -0.39 is 5.97 Å². The van der Waals surface area contributed by atoms with Crippen molar-refractivity contribution in [2.75, 3.05) is 5.32 Å². The van der Waals surface area contributed by atoms with E-state index in [2.05, 4.69) is 15.3 Å². The van der Waals surface area contributed by atoms with E-state index in [1.165, 1.54) is 12.4 Å². The van der Waals surface area contributed by atoms with Crippen molar-refractivity contribution in [3.63, 3.8) is 0 Å². The molecule has 17 heavy (non-hydrogen) atoms. The topological polar surface area (TPSA) is 75.1 Å². The second-order valence-corrected chi connectivity index (χ2v) is 4.30. The normalized spacial score (nSPS) is 12.1. The molecule has 0 saturated heterocycles. The number of thiophene rings is 1. The lowest BCUT2D eigenvalue weighted by atomic mass is 10.2. The lowest BCUT2D eigenvalue weighted by molar-refractivity contribution is 0.0690. The lowest BCUT2D eigenvalue weighted by Gasteiger charge is -2.12. The Bertz CT molecular complexity index is 513. The molecule has 0 aliphatic carbocycles. The molecule has 0 fully saturated rings. The highest BCUT2D eigenvalue weighted by molar-refractivity contribution is 7.07. The van der Waals surface area contributed by atoms with Gasteiger partial charge in [-0.3, -0.25) is 0 Å². The standard InChI is InChI=1S/C11H11N3O2S/c1-7(8-2-3-17-5-8)14-10-4-9(11(15)16)12-6-13-10/h2-7H,1H3,(H,15,16)(H,12,13,14). The molecule has 1 atom stereocenters. The summed E-state index contributed by atoms with van der Waals surface area (Å²) in [4.78, 5) is 18.4. The highest BCUT2D eigenvalue weighted by Gasteiger charge is 2.09. The van der Waals surface area contributed by atoms with Crippen molar-refractivity contribution >= 4 is 23.1 Å². The second kappa shape index (κ2) is 4.92. The minimum absolute atomic E-state index is 0.0139. The summed E-state index contributed by atoms with van der Waals surface area (Å²) < 4.78 is 0. The average Bonchev–Trinajstić information content (AvgIpc) is 2.82. The van der Waals surface area contributed by atoms with E-state index in [4.69, 9.17) is 5.11 Å². The molecule has 0 aromatic carbocycles. The molecule has 2 N–H and O–H groups in total. The molecule has 0 amide bonds. The zero-order valence-electron chi connectivity index (χ0n) is 9.12. The van der Waals surface area contributed by atoms with Crippen LogP contribution in [0.3, 0.4) is 0 Å². The van der Waals surface area contributed by atoms with Gasteiger partial charge in [-0.05, 0) is 29.3 Å². The number of aromatic nitrogens is 2. The van der Waals surface area contributed by atoms with Crippen molar-refractivity contribution in [2.45, 2.75) is 13.0 Å². The van der Waals surface area contributed by atoms with Crippen molar-refractivity contribution in [3.8, 4) is 0 Å². The third kappa shape index (κ3) is 2.79. The summed E-state index contributed by atoms with van der Waals surface area (Å²) in [5, 5.41) is 16.0. The summed E-state index contributed by atoms with van der Waals surface area (Å²) >= 11 is 1.62. The third-order valence-corrected chi connectivity index (χ3v) is 3.00. The molecule has 2 heterocycles. The smallest absolute Gasteiger partial charge is 0.354 e. The van der Waals surface area contributed by atoms with E-state index in [1.54, 1.807) is 11.3 Å². The predicted octanol–water partition coefficient (Wildman–Crippen LogP) is 2.41. The van der Waals surface area contributed by atoms with Crippen molar-refractivity contribution in [1.82, 2.24) is 9.97 Å². The van der Waals surface area contributed by atoms with Crippen molar-refractivity contribution in [2.24, 2.45) is 0 Å². The molecular weight excluding hydrogens is 238 g/mol. The van der Waals surface area contributed by atoms with Gasteiger partial charge >= 0.3 is 5.97 Å². The van der Waals surface area contributed by atoms with Gasteiger partial charge in [0.05, 0.1) is 6.04 Å². The molecule has 2 aromatic rings. The van der Waals surface area contributed by atoms with E-state index >= 15 is 0 Å². The molecule has 5 nitrogen and oxygen atoms in total. The van der Waals surface area contributed by atoms with Gasteiger partial charge in [-0.1, -0.05) is 0 Å². The van der Waals surface area contributed by atoms with Gasteiger partial charge in [0.15, 0.2) is 5.69 Å². The number of hydrogen-bond donors (Lipinski definition) is 2. The number of carbonyl (C=O) groups is 1. The summed E-state index contributed by atoms with van der Waals surface area (Å²) in [6.07, 6.45) is 1.24. The molecule has 0 radical (unpaired) electrons. The Morgan fingerprint density at radius 1 is 1.53 bits per heavy atom. The summed E-state index contributed by atoms with van der Waals surface area (Å²) in [6, 6.07) is 3.52. The largest absolute Gasteiger partial charge is 0.477 e. The SMILES string of the molecule is CC(Nc1cc(C(=O)O)ncn1)c1ccsc1. The van der Waals surface area contributed by atoms with Crippen LogP contribution in [0.5, 0.6) is 0 Å². The fraction of sp³-hybridized carbons (Fsp3) is 0.182. The van der Waals surface area contributed by atoms with Crippen LogP contribution in [-0.4, -0.2) is 21.0 Å². The zero-order valence-corrected chi connectivity index (χ0v) is 9.94. The van der Waals surface area contributed by atoms with Gasteiger partial charge in [0.2, 0.25) is 0 Å². The van der Waals surface area contributed by atoms with Crippen LogP contribution >= 0.6 is 11.3 Å². The predicted molar refractivity (Wildman–Crippen MR) is 65.3 cm³/mol. The summed E-state index contributed by atoms with van der Waals surface area (Å²) in [5.41, 5.74) is 1.13. The van der Waals surface area contributed by atoms with Crippen LogP contribution < -0.4 is 5.32 Å². The Balaban J connectivity index is 2.13. The molecule has 2 rings (SSSR count). The van der Waals surface area contributed by atoms with Gasteiger partial charge in [-0.2, -0.15) is 11.3 Å². The number of anilines is 1. The first-order valence-electron chi connectivity index (χ1n) is 5.01. The van der Waals surface area contributed by atoms with Crippen LogP contribution in [0.25, 0.3) is 0 Å². The Kier molecular flexibility index (Phi) is 3.34. The van der Waals surface area contributed by atoms with Gasteiger partial charge < -0.3 is 10.4 Å². The average molecular weight is 249 g/mol. The van der Waals surface area contributed by atoms with Crippen LogP contribution in [0.1, 0.15) is 29.0 Å². The van der Waals surface area contributed by atoms with Crippen LogP contribution in [-0.2, 0) is 0 Å². The maximum absolute atomic E-state index is 10.8. The van der Waals surface area contributed by atoms with Crippen molar-refractivity contribution in [1.29, 1.82) is 0 Å². The van der Waals surface area contributed by atoms with Gasteiger partial charge in [0, 0.05) is 6.07 Å². The minimum atomic E-state index is -1.06. The van der Waals surface area contributed by atoms with Crippen molar-refractivity contribution in [3.05, 3.63) is 40.5 Å². The third-order valence-electron chi connectivity index (χ3n) is 2.29. The van der Waals surface area contributed by atoms with Crippen LogP contribution in [0.4, 0.5) is 5.82 Å². The molecule has 0 spiro atoms. The van der Waals surface area contributed by atoms with Gasteiger partial charge in [0.1, 0.15) is 12.1 Å². The summed E-state index contributed by atoms with van der Waals surface area (Å²) in [5.74, 6) is -0.547. The van der Waals surface area contributed by atoms with Crippen molar-refractivity contribution < 1.29 is 9.90 Å². The van der Waals surface area contributed by atoms with E-state index in [0.717, 1.165) is 5.56 Å². The fourth-order valence-corrected chi connectivity index (χ4v) is 2.13. The highest BCUT2D eigenvalue weighted by atomic mass is 32.1. The Hall–Kier alpha value is -1.95. The second-order valence-electron chi connectivity index (χ2n) is 3.52. The molecule has 0 aliphatic heterocycles. The van der Waals surface area contributed by atoms with Crippen LogP contribution in [0.15, 0.2) is 29.2 Å². The molecule has 88 valence electrons. The van der Waals surface area contributed by atoms with E-state index in [9.17, 15) is 4.79 Å². The zero-order chi connectivity index (χ0) is 12.3. The first kappa shape index (κ1) is 11.5. The van der Waals surface area contributed by atoms with Crippen LogP contribution in [0, 0.1) is 0 Å². The molecular formula is C11H11N3O2S. The number of hydrogen-bond acceptors (Lipinski definition) is 5. The molecule has 2 aromatic heterocycles. The molecule has 0 saturated carbocycles. The Morgan fingerprint density at radius 2 is 2.35 bits per heavy atom. The molecule has 1 unspecified atom stereocenters. The summed E-state index contributed by atoms with van der Waals surface area (Å²) in [6.45, 7) is 1.99. The maximum Gasteiger partial charge on any atom is 0.354 e. The quantitative estimate of drug-likeness (QED) is 0.870. The van der Waals surface area contributed by atoms with Crippen LogP contribution in [0.2, 0.25) is 0 Å². The number of nitrogens with zero attached hydrogens (tertiary/aromatic N) is 2. The number of rotatable bonds is 4. The van der Waals surface area contributed by atoms with Gasteiger partial charge in [-0.15, -0.1) is 0 Å². The summed E-state index contributed by atoms with van der Waals surface area (Å²) in [7, 11) is 0. The first-order valence-corrected chi connectivity index (χ1v) is 5.95. The molecule has 0 aliphatic rings. The highest BCUT2D eigenvalue weighted by Crippen LogP contribution is 2.19. The minimum Gasteiger partial charge on any atom is -0.477 e. The molecule has 6 heteroatoms. The monoisotopic (exact) mass is 249 g/mol. The Labute approximate surface area is 102 Å². The fourth-order valence-electron chi connectivity index (χ4n) is 1.38. The van der Waals surface area contributed by atoms with Gasteiger partial charge in [-0.25, -0.2) is 14.8 Å². The van der Waals surface area contributed by atoms with Gasteiger partial charge in [0.25, 0.3) is 0 Å². The molecule has 0 bridgehead atoms. The van der Waals surface area contributed by atoms with E-state index in [-0.39, 0.29) is 11.7 Å². The Morgan fingerprint density at radius 3 is 3.00 bits per heavy atom. The number of nitrogens with one attached hydrogen (secondary N) is 1. The number of aromatic carboxylic acids is 1. The first-order chi connectivity index (χ1) is 8.16. The number of carboxylic acid groups (broad SMARTS) is 1. The lowest BCUT2D eigenvalue weighted by Crippen LogP contribution is -2.09. The van der Waals surface area contributed by atoms with E-state index in [1.807, 2.05) is 23.8 Å². The van der Waals surface area contributed by atoms with E-state index in [0.29, 0.717) is 5.82 Å². The maximum atomic E-state index is 10.8.